The topological polar surface area (TPSA) is 63.2 Å². The van der Waals surface area contributed by atoms with Crippen LogP contribution < -0.4 is 5.32 Å². The third kappa shape index (κ3) is 4.68. The van der Waals surface area contributed by atoms with Crippen LogP contribution in [-0.2, 0) is 27.6 Å². The van der Waals surface area contributed by atoms with Crippen molar-refractivity contribution in [3.05, 3.63) is 65.2 Å². The van der Waals surface area contributed by atoms with E-state index < -0.39 is 15.1 Å². The van der Waals surface area contributed by atoms with Gasteiger partial charge in [-0.3, -0.25) is 4.79 Å². The van der Waals surface area contributed by atoms with E-state index in [1.807, 2.05) is 31.2 Å². The number of benzene rings is 2. The number of carbonyl (C=O) groups is 1. The van der Waals surface area contributed by atoms with Crippen LogP contribution >= 0.6 is 0 Å². The first kappa shape index (κ1) is 18.2. The van der Waals surface area contributed by atoms with E-state index in [1.165, 1.54) is 5.56 Å². The van der Waals surface area contributed by atoms with E-state index in [2.05, 4.69) is 5.32 Å². The van der Waals surface area contributed by atoms with Crippen LogP contribution in [0.1, 0.15) is 30.5 Å². The van der Waals surface area contributed by atoms with E-state index in [4.69, 9.17) is 0 Å². The summed E-state index contributed by atoms with van der Waals surface area (Å²) in [4.78, 5) is 12.3. The summed E-state index contributed by atoms with van der Waals surface area (Å²) >= 11 is 0. The molecule has 0 spiro atoms. The lowest BCUT2D eigenvalue weighted by Crippen LogP contribution is -2.24. The Hall–Kier alpha value is -2.14. The van der Waals surface area contributed by atoms with Gasteiger partial charge < -0.3 is 5.32 Å². The van der Waals surface area contributed by atoms with Crippen LogP contribution in [0.2, 0.25) is 0 Å². The quantitative estimate of drug-likeness (QED) is 0.875. The summed E-state index contributed by atoms with van der Waals surface area (Å²) in [6, 6.07) is 14.5. The molecule has 0 aromatic heterocycles. The van der Waals surface area contributed by atoms with Crippen LogP contribution in [0.15, 0.2) is 53.4 Å². The molecule has 5 heteroatoms. The Labute approximate surface area is 143 Å². The highest BCUT2D eigenvalue weighted by molar-refractivity contribution is 7.92. The van der Waals surface area contributed by atoms with Crippen molar-refractivity contribution in [3.8, 4) is 0 Å². The van der Waals surface area contributed by atoms with Gasteiger partial charge in [0, 0.05) is 6.54 Å². The smallest absolute Gasteiger partial charge is 0.224 e. The second-order valence-electron chi connectivity index (χ2n) is 6.18. The van der Waals surface area contributed by atoms with Gasteiger partial charge in [0.1, 0.15) is 0 Å². The fraction of sp³-hybridized carbons (Fsp3) is 0.316. The molecule has 1 N–H and O–H groups in total. The van der Waals surface area contributed by atoms with E-state index in [0.29, 0.717) is 11.4 Å². The molecule has 24 heavy (non-hydrogen) atoms. The van der Waals surface area contributed by atoms with Crippen molar-refractivity contribution in [1.82, 2.24) is 5.32 Å². The zero-order valence-corrected chi connectivity index (χ0v) is 15.1. The molecular weight excluding hydrogens is 322 g/mol. The highest BCUT2D eigenvalue weighted by Crippen LogP contribution is 2.16. The summed E-state index contributed by atoms with van der Waals surface area (Å²) in [5, 5.41) is 2.42. The highest BCUT2D eigenvalue weighted by atomic mass is 32.2. The second-order valence-corrected chi connectivity index (χ2v) is 8.68. The monoisotopic (exact) mass is 345 g/mol. The maximum Gasteiger partial charge on any atom is 0.224 e. The molecule has 0 heterocycles. The van der Waals surface area contributed by atoms with E-state index in [-0.39, 0.29) is 12.3 Å². The van der Waals surface area contributed by atoms with Crippen molar-refractivity contribution in [2.24, 2.45) is 0 Å². The van der Waals surface area contributed by atoms with E-state index in [1.54, 1.807) is 38.1 Å². The number of aryl methyl sites for hydroxylation is 1. The van der Waals surface area contributed by atoms with E-state index in [0.717, 1.165) is 11.1 Å². The van der Waals surface area contributed by atoms with Crippen molar-refractivity contribution in [1.29, 1.82) is 0 Å². The second kappa shape index (κ2) is 7.62. The molecule has 0 bridgehead atoms. The number of nitrogens with one attached hydrogen (secondary N) is 1. The number of amides is 1. The first-order valence-electron chi connectivity index (χ1n) is 7.94. The van der Waals surface area contributed by atoms with E-state index in [9.17, 15) is 13.2 Å². The van der Waals surface area contributed by atoms with Crippen LogP contribution in [0.5, 0.6) is 0 Å². The molecule has 2 aromatic rings. The maximum atomic E-state index is 12.1. The van der Waals surface area contributed by atoms with Gasteiger partial charge >= 0.3 is 0 Å². The molecule has 0 aliphatic rings. The molecule has 0 saturated carbocycles. The molecule has 128 valence electrons. The normalized spacial score (nSPS) is 11.5. The lowest BCUT2D eigenvalue weighted by molar-refractivity contribution is -0.120. The van der Waals surface area contributed by atoms with Gasteiger partial charge in [0.15, 0.2) is 9.84 Å². The van der Waals surface area contributed by atoms with Crippen molar-refractivity contribution in [2.45, 2.75) is 43.9 Å². The van der Waals surface area contributed by atoms with Crippen LogP contribution in [-0.4, -0.2) is 19.6 Å². The molecule has 0 radical (unpaired) electrons. The predicted molar refractivity (Wildman–Crippen MR) is 95.5 cm³/mol. The molecule has 0 aliphatic heterocycles. The van der Waals surface area contributed by atoms with Gasteiger partial charge in [0.05, 0.1) is 16.6 Å². The zero-order valence-electron chi connectivity index (χ0n) is 14.2. The predicted octanol–water partition coefficient (Wildman–Crippen LogP) is 3.04. The Morgan fingerprint density at radius 3 is 2.04 bits per heavy atom. The number of hydrogen-bond donors (Lipinski definition) is 1. The molecule has 1 amide bonds. The van der Waals surface area contributed by atoms with Crippen LogP contribution in [0, 0.1) is 6.92 Å². The Bertz CT molecular complexity index is 792. The minimum Gasteiger partial charge on any atom is -0.352 e. The highest BCUT2D eigenvalue weighted by Gasteiger charge is 2.18. The molecule has 0 atom stereocenters. The summed E-state index contributed by atoms with van der Waals surface area (Å²) < 4.78 is 24.1. The Morgan fingerprint density at radius 1 is 0.958 bits per heavy atom. The van der Waals surface area contributed by atoms with Gasteiger partial charge in [-0.1, -0.05) is 42.0 Å². The minimum absolute atomic E-state index is 0.0879. The first-order valence-corrected chi connectivity index (χ1v) is 9.49. The van der Waals surface area contributed by atoms with Crippen LogP contribution in [0.4, 0.5) is 0 Å². The number of rotatable bonds is 6. The standard InChI is InChI=1S/C19H23NO3S/c1-14(2)24(22,23)18-10-8-16(9-11-18)12-19(21)20-13-17-6-4-15(3)5-7-17/h4-11,14H,12-13H2,1-3H3,(H,20,21). The Kier molecular flexibility index (Phi) is 5.78. The Morgan fingerprint density at radius 2 is 1.50 bits per heavy atom. The van der Waals surface area contributed by atoms with E-state index >= 15 is 0 Å². The number of carbonyl (C=O) groups excluding carboxylic acids is 1. The molecule has 0 unspecified atom stereocenters. The van der Waals surface area contributed by atoms with Crippen molar-refractivity contribution in [3.63, 3.8) is 0 Å². The largest absolute Gasteiger partial charge is 0.352 e. The van der Waals surface area contributed by atoms with Gasteiger partial charge in [0.25, 0.3) is 0 Å². The Balaban J connectivity index is 1.93. The third-order valence-electron chi connectivity index (χ3n) is 3.85. The molecule has 4 nitrogen and oxygen atoms in total. The van der Waals surface area contributed by atoms with Gasteiger partial charge in [-0.25, -0.2) is 8.42 Å². The lowest BCUT2D eigenvalue weighted by Gasteiger charge is -2.09. The third-order valence-corrected chi connectivity index (χ3v) is 6.02. The lowest BCUT2D eigenvalue weighted by atomic mass is 10.1. The fourth-order valence-corrected chi connectivity index (χ4v) is 3.28. The van der Waals surface area contributed by atoms with Crippen molar-refractivity contribution in [2.75, 3.05) is 0 Å². The first-order chi connectivity index (χ1) is 11.3. The number of sulfone groups is 1. The molecule has 0 saturated heterocycles. The SMILES string of the molecule is Cc1ccc(CNC(=O)Cc2ccc(S(=O)(=O)C(C)C)cc2)cc1. The molecular formula is C19H23NO3S. The van der Waals surface area contributed by atoms with Crippen LogP contribution in [0.25, 0.3) is 0 Å². The van der Waals surface area contributed by atoms with Gasteiger partial charge in [-0.15, -0.1) is 0 Å². The van der Waals surface area contributed by atoms with Gasteiger partial charge in [0.2, 0.25) is 5.91 Å². The van der Waals surface area contributed by atoms with Crippen LogP contribution in [0.3, 0.4) is 0 Å². The van der Waals surface area contributed by atoms with Crippen molar-refractivity contribution < 1.29 is 13.2 Å². The fourth-order valence-electron chi connectivity index (χ4n) is 2.22. The molecule has 0 aliphatic carbocycles. The average molecular weight is 345 g/mol. The zero-order chi connectivity index (χ0) is 17.7. The summed E-state index contributed by atoms with van der Waals surface area (Å²) in [6.07, 6.45) is 0.230. The maximum absolute atomic E-state index is 12.1. The summed E-state index contributed by atoms with van der Waals surface area (Å²) in [7, 11) is -3.27. The summed E-state index contributed by atoms with van der Waals surface area (Å²) in [5.41, 5.74) is 3.02. The van der Waals surface area contributed by atoms with Crippen molar-refractivity contribution >= 4 is 15.7 Å². The van der Waals surface area contributed by atoms with Gasteiger partial charge in [-0.2, -0.15) is 0 Å². The summed E-state index contributed by atoms with van der Waals surface area (Å²) in [5.74, 6) is -0.0879. The average Bonchev–Trinajstić information content (AvgIpc) is 2.54. The number of hydrogen-bond acceptors (Lipinski definition) is 3. The minimum atomic E-state index is -3.27. The summed E-state index contributed by atoms with van der Waals surface area (Å²) in [6.45, 7) is 5.81. The molecule has 2 rings (SSSR count). The molecule has 2 aromatic carbocycles. The van der Waals surface area contributed by atoms with Gasteiger partial charge in [-0.05, 0) is 44.0 Å². The molecule has 0 fully saturated rings.